The maximum atomic E-state index is 5.63. The van der Waals surface area contributed by atoms with Crippen molar-refractivity contribution in [1.82, 2.24) is 0 Å². The van der Waals surface area contributed by atoms with E-state index in [1.807, 2.05) is 6.07 Å². The lowest BCUT2D eigenvalue weighted by Gasteiger charge is -2.11. The standard InChI is InChI=1S/C11H16INO/c1-3-7-14-11-6-5-9(12)8-10(11)13-4-2/h5-6,8,13H,3-4,7H2,1-2H3. The maximum Gasteiger partial charge on any atom is 0.142 e. The topological polar surface area (TPSA) is 21.3 Å². The van der Waals surface area contributed by atoms with Crippen LogP contribution in [0.4, 0.5) is 5.69 Å². The fourth-order valence-corrected chi connectivity index (χ4v) is 1.66. The Bertz CT molecular complexity index is 289. The van der Waals surface area contributed by atoms with Crippen LogP contribution in [0.5, 0.6) is 5.75 Å². The predicted molar refractivity (Wildman–Crippen MR) is 69.1 cm³/mol. The van der Waals surface area contributed by atoms with Gasteiger partial charge in [0, 0.05) is 10.1 Å². The van der Waals surface area contributed by atoms with E-state index in [4.69, 9.17) is 4.74 Å². The van der Waals surface area contributed by atoms with Crippen LogP contribution < -0.4 is 10.1 Å². The third-order valence-electron chi connectivity index (χ3n) is 1.77. The highest BCUT2D eigenvalue weighted by molar-refractivity contribution is 14.1. The molecule has 0 atom stereocenters. The molecule has 0 unspecified atom stereocenters. The van der Waals surface area contributed by atoms with Crippen molar-refractivity contribution in [3.05, 3.63) is 21.8 Å². The van der Waals surface area contributed by atoms with Crippen molar-refractivity contribution in [3.8, 4) is 5.75 Å². The van der Waals surface area contributed by atoms with Gasteiger partial charge in [-0.3, -0.25) is 0 Å². The van der Waals surface area contributed by atoms with E-state index in [0.29, 0.717) is 0 Å². The second kappa shape index (κ2) is 6.11. The average molecular weight is 305 g/mol. The Morgan fingerprint density at radius 2 is 2.14 bits per heavy atom. The normalized spacial score (nSPS) is 9.93. The molecule has 0 amide bonds. The van der Waals surface area contributed by atoms with Gasteiger partial charge in [-0.25, -0.2) is 0 Å². The molecule has 1 aromatic rings. The number of halogens is 1. The first-order valence-corrected chi connectivity index (χ1v) is 6.02. The minimum atomic E-state index is 0.777. The van der Waals surface area contributed by atoms with Crippen LogP contribution in [0, 0.1) is 3.57 Å². The molecule has 1 aromatic carbocycles. The van der Waals surface area contributed by atoms with E-state index in [1.165, 1.54) is 3.57 Å². The lowest BCUT2D eigenvalue weighted by atomic mass is 10.3. The first-order valence-electron chi connectivity index (χ1n) is 4.94. The first kappa shape index (κ1) is 11.6. The summed E-state index contributed by atoms with van der Waals surface area (Å²) in [6.45, 7) is 5.89. The Morgan fingerprint density at radius 1 is 1.36 bits per heavy atom. The van der Waals surface area contributed by atoms with Gasteiger partial charge in [0.2, 0.25) is 0 Å². The van der Waals surface area contributed by atoms with E-state index in [1.54, 1.807) is 0 Å². The van der Waals surface area contributed by atoms with Gasteiger partial charge in [-0.15, -0.1) is 0 Å². The number of anilines is 1. The monoisotopic (exact) mass is 305 g/mol. The van der Waals surface area contributed by atoms with Crippen LogP contribution in [0.3, 0.4) is 0 Å². The molecule has 2 nitrogen and oxygen atoms in total. The summed E-state index contributed by atoms with van der Waals surface area (Å²) in [6, 6.07) is 6.19. The Balaban J connectivity index is 2.78. The molecule has 0 aliphatic rings. The van der Waals surface area contributed by atoms with Crippen molar-refractivity contribution in [2.75, 3.05) is 18.5 Å². The van der Waals surface area contributed by atoms with E-state index in [2.05, 4.69) is 53.9 Å². The zero-order chi connectivity index (χ0) is 10.4. The van der Waals surface area contributed by atoms with Crippen LogP contribution in [0.15, 0.2) is 18.2 Å². The van der Waals surface area contributed by atoms with Crippen molar-refractivity contribution in [1.29, 1.82) is 0 Å². The number of hydrogen-bond donors (Lipinski definition) is 1. The molecule has 1 rings (SSSR count). The SMILES string of the molecule is CCCOc1ccc(I)cc1NCC. The van der Waals surface area contributed by atoms with E-state index in [0.717, 1.165) is 31.0 Å². The molecular formula is C11H16INO. The molecule has 0 aliphatic carbocycles. The molecular weight excluding hydrogens is 289 g/mol. The van der Waals surface area contributed by atoms with Crippen molar-refractivity contribution >= 4 is 28.3 Å². The molecule has 0 bridgehead atoms. The second-order valence-corrected chi connectivity index (χ2v) is 4.26. The van der Waals surface area contributed by atoms with Crippen LogP contribution in [0.2, 0.25) is 0 Å². The molecule has 0 radical (unpaired) electrons. The lowest BCUT2D eigenvalue weighted by Crippen LogP contribution is -2.02. The third-order valence-corrected chi connectivity index (χ3v) is 2.44. The van der Waals surface area contributed by atoms with Crippen LogP contribution in [0.1, 0.15) is 20.3 Å². The minimum absolute atomic E-state index is 0.777. The van der Waals surface area contributed by atoms with Gasteiger partial charge in [0.25, 0.3) is 0 Å². The molecule has 14 heavy (non-hydrogen) atoms. The van der Waals surface area contributed by atoms with Crippen LogP contribution in [-0.2, 0) is 0 Å². The summed E-state index contributed by atoms with van der Waals surface area (Å²) in [5.74, 6) is 0.953. The summed E-state index contributed by atoms with van der Waals surface area (Å²) in [7, 11) is 0. The van der Waals surface area contributed by atoms with Crippen LogP contribution >= 0.6 is 22.6 Å². The molecule has 0 spiro atoms. The molecule has 0 saturated heterocycles. The van der Waals surface area contributed by atoms with Gasteiger partial charge in [0.1, 0.15) is 5.75 Å². The molecule has 0 heterocycles. The number of rotatable bonds is 5. The first-order chi connectivity index (χ1) is 6.77. The van der Waals surface area contributed by atoms with Crippen molar-refractivity contribution in [2.24, 2.45) is 0 Å². The van der Waals surface area contributed by atoms with Crippen molar-refractivity contribution in [2.45, 2.75) is 20.3 Å². The number of benzene rings is 1. The third kappa shape index (κ3) is 3.36. The summed E-state index contributed by atoms with van der Waals surface area (Å²) in [5.41, 5.74) is 1.09. The minimum Gasteiger partial charge on any atom is -0.491 e. The summed E-state index contributed by atoms with van der Waals surface area (Å²) in [6.07, 6.45) is 1.04. The van der Waals surface area contributed by atoms with E-state index in [-0.39, 0.29) is 0 Å². The van der Waals surface area contributed by atoms with Gasteiger partial charge >= 0.3 is 0 Å². The van der Waals surface area contributed by atoms with Crippen LogP contribution in [0.25, 0.3) is 0 Å². The molecule has 0 aliphatic heterocycles. The quantitative estimate of drug-likeness (QED) is 0.841. The number of nitrogens with one attached hydrogen (secondary N) is 1. The van der Waals surface area contributed by atoms with Gasteiger partial charge in [0.05, 0.1) is 12.3 Å². The zero-order valence-corrected chi connectivity index (χ0v) is 10.8. The van der Waals surface area contributed by atoms with Gasteiger partial charge in [-0.1, -0.05) is 6.92 Å². The fourth-order valence-electron chi connectivity index (χ4n) is 1.17. The number of hydrogen-bond acceptors (Lipinski definition) is 2. The Kier molecular flexibility index (Phi) is 5.07. The molecule has 3 heteroatoms. The summed E-state index contributed by atoms with van der Waals surface area (Å²) >= 11 is 2.30. The largest absolute Gasteiger partial charge is 0.491 e. The second-order valence-electron chi connectivity index (χ2n) is 3.02. The predicted octanol–water partition coefficient (Wildman–Crippen LogP) is 3.51. The zero-order valence-electron chi connectivity index (χ0n) is 8.64. The molecule has 0 fully saturated rings. The van der Waals surface area contributed by atoms with Crippen molar-refractivity contribution < 1.29 is 4.74 Å². The highest BCUT2D eigenvalue weighted by atomic mass is 127. The summed E-state index contributed by atoms with van der Waals surface area (Å²) < 4.78 is 6.85. The van der Waals surface area contributed by atoms with E-state index < -0.39 is 0 Å². The Hall–Kier alpha value is -0.450. The van der Waals surface area contributed by atoms with Gasteiger partial charge in [-0.05, 0) is 54.1 Å². The van der Waals surface area contributed by atoms with Gasteiger partial charge < -0.3 is 10.1 Å². The Labute approximate surface area is 99.2 Å². The summed E-state index contributed by atoms with van der Waals surface area (Å²) in [4.78, 5) is 0. The molecule has 0 saturated carbocycles. The van der Waals surface area contributed by atoms with E-state index in [9.17, 15) is 0 Å². The number of ether oxygens (including phenoxy) is 1. The fraction of sp³-hybridized carbons (Fsp3) is 0.455. The molecule has 0 aromatic heterocycles. The molecule has 1 N–H and O–H groups in total. The average Bonchev–Trinajstić information content (AvgIpc) is 2.17. The highest BCUT2D eigenvalue weighted by Crippen LogP contribution is 2.26. The highest BCUT2D eigenvalue weighted by Gasteiger charge is 2.02. The Morgan fingerprint density at radius 3 is 2.79 bits per heavy atom. The van der Waals surface area contributed by atoms with Crippen molar-refractivity contribution in [3.63, 3.8) is 0 Å². The van der Waals surface area contributed by atoms with Gasteiger partial charge in [-0.2, -0.15) is 0 Å². The van der Waals surface area contributed by atoms with Gasteiger partial charge in [0.15, 0.2) is 0 Å². The summed E-state index contributed by atoms with van der Waals surface area (Å²) in [5, 5.41) is 3.30. The smallest absolute Gasteiger partial charge is 0.142 e. The van der Waals surface area contributed by atoms with E-state index >= 15 is 0 Å². The van der Waals surface area contributed by atoms with Crippen LogP contribution in [-0.4, -0.2) is 13.2 Å². The molecule has 78 valence electrons. The maximum absolute atomic E-state index is 5.63. The lowest BCUT2D eigenvalue weighted by molar-refractivity contribution is 0.319.